The van der Waals surface area contributed by atoms with Crippen LogP contribution in [0.2, 0.25) is 0 Å². The van der Waals surface area contributed by atoms with Gasteiger partial charge in [-0.05, 0) is 72.4 Å². The van der Waals surface area contributed by atoms with E-state index in [2.05, 4.69) is 0 Å². The molecule has 0 bridgehead atoms. The van der Waals surface area contributed by atoms with Gasteiger partial charge < -0.3 is 24.8 Å². The molecular formula is C33H42N2Na2O9S2. The van der Waals surface area contributed by atoms with Crippen LogP contribution in [0, 0.1) is 6.92 Å². The van der Waals surface area contributed by atoms with Crippen LogP contribution in [0.4, 0.5) is 11.4 Å². The number of nitrogens with zero attached hydrogens (tertiary/aromatic N) is 2. The first kappa shape index (κ1) is 44.4. The van der Waals surface area contributed by atoms with E-state index >= 15 is 0 Å². The van der Waals surface area contributed by atoms with Crippen molar-refractivity contribution in [1.29, 1.82) is 0 Å². The summed E-state index contributed by atoms with van der Waals surface area (Å²) >= 11 is 0. The van der Waals surface area contributed by atoms with Gasteiger partial charge in [-0.2, -0.15) is 16.8 Å². The fourth-order valence-electron chi connectivity index (χ4n) is 5.34. The molecule has 0 aliphatic heterocycles. The van der Waals surface area contributed by atoms with E-state index in [4.69, 9.17) is 0 Å². The van der Waals surface area contributed by atoms with E-state index in [1.165, 1.54) is 6.07 Å². The Balaban J connectivity index is 0.00000576. The van der Waals surface area contributed by atoms with Crippen molar-refractivity contribution in [2.45, 2.75) is 52.4 Å². The molecule has 252 valence electrons. The Labute approximate surface area is 328 Å². The van der Waals surface area contributed by atoms with Crippen molar-refractivity contribution in [3.05, 3.63) is 88.5 Å². The molecule has 3 aromatic carbocycles. The maximum Gasteiger partial charge on any atom is 1.00 e. The van der Waals surface area contributed by atoms with Crippen molar-refractivity contribution >= 4 is 37.6 Å². The van der Waals surface area contributed by atoms with Gasteiger partial charge in [0.1, 0.15) is 0 Å². The SMILES string of the molecule is CCCCN(CCS(=O)(=O)O)c1ccc(C(c2ccc(N(CCCC)CCS(=O)(=O)O)cc2)c2cc(C)c([O-])c(C(=O)[O-])c2)cc1.[Na+].[Na+]. The number of hydrogen-bond donors (Lipinski definition) is 2. The summed E-state index contributed by atoms with van der Waals surface area (Å²) in [5.41, 5.74) is 3.42. The van der Waals surface area contributed by atoms with E-state index in [1.54, 1.807) is 13.0 Å². The van der Waals surface area contributed by atoms with Crippen molar-refractivity contribution in [3.8, 4) is 5.75 Å². The molecule has 48 heavy (non-hydrogen) atoms. The third-order valence-corrected chi connectivity index (χ3v) is 9.23. The van der Waals surface area contributed by atoms with Crippen LogP contribution in [-0.2, 0) is 20.2 Å². The molecule has 0 heterocycles. The zero-order chi connectivity index (χ0) is 34.1. The molecule has 3 rings (SSSR count). The summed E-state index contributed by atoms with van der Waals surface area (Å²) in [4.78, 5) is 15.6. The van der Waals surface area contributed by atoms with E-state index < -0.39 is 54.9 Å². The Morgan fingerprint density at radius 1 is 0.708 bits per heavy atom. The average Bonchev–Trinajstić information content (AvgIpc) is 2.99. The van der Waals surface area contributed by atoms with Gasteiger partial charge in [-0.15, -0.1) is 0 Å². The van der Waals surface area contributed by atoms with Gasteiger partial charge in [0, 0.05) is 43.5 Å². The number of carboxylic acid groups (broad SMARTS) is 1. The molecule has 0 fully saturated rings. The molecular weight excluding hydrogens is 678 g/mol. The minimum absolute atomic E-state index is 0. The number of rotatable bonds is 18. The summed E-state index contributed by atoms with van der Waals surface area (Å²) in [7, 11) is -8.31. The van der Waals surface area contributed by atoms with Gasteiger partial charge in [0.15, 0.2) is 0 Å². The van der Waals surface area contributed by atoms with Crippen molar-refractivity contribution in [2.24, 2.45) is 0 Å². The largest absolute Gasteiger partial charge is 1.00 e. The average molecular weight is 721 g/mol. The van der Waals surface area contributed by atoms with Gasteiger partial charge in [-0.1, -0.05) is 68.3 Å². The summed E-state index contributed by atoms with van der Waals surface area (Å²) < 4.78 is 64.4. The Hall–Kier alpha value is -1.65. The predicted octanol–water partition coefficient (Wildman–Crippen LogP) is -2.39. The maximum absolute atomic E-state index is 12.6. The predicted molar refractivity (Wildman–Crippen MR) is 176 cm³/mol. The van der Waals surface area contributed by atoms with Crippen LogP contribution < -0.4 is 79.1 Å². The summed E-state index contributed by atoms with van der Waals surface area (Å²) in [6, 6.07) is 17.8. The van der Waals surface area contributed by atoms with Gasteiger partial charge >= 0.3 is 59.1 Å². The second kappa shape index (κ2) is 20.3. The number of anilines is 2. The van der Waals surface area contributed by atoms with Crippen molar-refractivity contribution in [1.82, 2.24) is 0 Å². The number of unbranched alkanes of at least 4 members (excludes halogenated alkanes) is 2. The Kier molecular flexibility index (Phi) is 18.7. The summed E-state index contributed by atoms with van der Waals surface area (Å²) in [5, 5.41) is 24.4. The van der Waals surface area contributed by atoms with Crippen LogP contribution in [-0.4, -0.2) is 69.6 Å². The van der Waals surface area contributed by atoms with Gasteiger partial charge in [-0.3, -0.25) is 9.11 Å². The monoisotopic (exact) mass is 720 g/mol. The van der Waals surface area contributed by atoms with Crippen LogP contribution in [0.25, 0.3) is 0 Å². The van der Waals surface area contributed by atoms with Crippen LogP contribution in [0.5, 0.6) is 5.75 Å². The fourth-order valence-corrected chi connectivity index (χ4v) is 6.24. The minimum atomic E-state index is -4.16. The zero-order valence-corrected chi connectivity index (χ0v) is 34.0. The molecule has 0 amide bonds. The van der Waals surface area contributed by atoms with Gasteiger partial charge in [-0.25, -0.2) is 0 Å². The molecule has 0 aliphatic rings. The molecule has 0 aromatic heterocycles. The number of aromatic carboxylic acids is 1. The minimum Gasteiger partial charge on any atom is -0.872 e. The first-order valence-electron chi connectivity index (χ1n) is 15.3. The quantitative estimate of drug-likeness (QED) is 0.0814. The Morgan fingerprint density at radius 3 is 1.44 bits per heavy atom. The number of carbonyl (C=O) groups is 1. The molecule has 0 radical (unpaired) electrons. The second-order valence-corrected chi connectivity index (χ2v) is 14.5. The molecule has 11 nitrogen and oxygen atoms in total. The third-order valence-electron chi connectivity index (χ3n) is 7.83. The Bertz CT molecular complexity index is 1600. The van der Waals surface area contributed by atoms with Crippen LogP contribution in [0.1, 0.15) is 78.1 Å². The van der Waals surface area contributed by atoms with Crippen LogP contribution >= 0.6 is 0 Å². The van der Waals surface area contributed by atoms with Crippen LogP contribution in [0.3, 0.4) is 0 Å². The molecule has 0 aliphatic carbocycles. The van der Waals surface area contributed by atoms with E-state index in [0.717, 1.165) is 48.2 Å². The van der Waals surface area contributed by atoms with Crippen molar-refractivity contribution < 1.29 is 100 Å². The first-order valence-corrected chi connectivity index (χ1v) is 18.5. The molecule has 0 saturated carbocycles. The summed E-state index contributed by atoms with van der Waals surface area (Å²) in [5.74, 6) is -3.54. The van der Waals surface area contributed by atoms with Gasteiger partial charge in [0.05, 0.1) is 17.5 Å². The molecule has 0 atom stereocenters. The topological polar surface area (TPSA) is 178 Å². The number of carboxylic acids is 1. The fraction of sp³-hybridized carbons (Fsp3) is 0.424. The van der Waals surface area contributed by atoms with E-state index in [-0.39, 0.29) is 77.8 Å². The molecule has 0 saturated heterocycles. The number of carbonyl (C=O) groups excluding carboxylic acids is 1. The molecule has 2 N–H and O–H groups in total. The van der Waals surface area contributed by atoms with E-state index in [0.29, 0.717) is 18.7 Å². The smallest absolute Gasteiger partial charge is 0.872 e. The van der Waals surface area contributed by atoms with Crippen molar-refractivity contribution in [2.75, 3.05) is 47.5 Å². The molecule has 0 spiro atoms. The maximum atomic E-state index is 12.6. The Morgan fingerprint density at radius 2 is 1.10 bits per heavy atom. The number of hydrogen-bond acceptors (Lipinski definition) is 9. The zero-order valence-electron chi connectivity index (χ0n) is 28.4. The summed E-state index contributed by atoms with van der Waals surface area (Å²) in [6.45, 7) is 6.97. The van der Waals surface area contributed by atoms with E-state index in [9.17, 15) is 40.9 Å². The molecule has 15 heteroatoms. The van der Waals surface area contributed by atoms with Crippen molar-refractivity contribution in [3.63, 3.8) is 0 Å². The number of aryl methyl sites for hydroxylation is 1. The van der Waals surface area contributed by atoms with E-state index in [1.807, 2.05) is 72.2 Å². The van der Waals surface area contributed by atoms with Crippen LogP contribution in [0.15, 0.2) is 60.7 Å². The molecule has 3 aromatic rings. The van der Waals surface area contributed by atoms with Gasteiger partial charge in [0.2, 0.25) is 0 Å². The second-order valence-electron chi connectivity index (χ2n) is 11.4. The summed E-state index contributed by atoms with van der Waals surface area (Å²) in [6.07, 6.45) is 3.41. The standard InChI is InChI=1S/C33H44N2O9S2.2Na/c1-4-6-16-34(18-20-45(39,40)41)28-12-8-25(9-13-28)31(27-22-24(3)32(36)30(23-27)33(37)38)26-10-14-29(15-11-26)35(17-7-5-2)19-21-46(42,43)44;;/h8-15,22-23,31,36H,4-7,16-21H2,1-3H3,(H,37,38)(H,39,40,41)(H,42,43,44);;/q;2*+1/p-2. The van der Waals surface area contributed by atoms with Gasteiger partial charge in [0.25, 0.3) is 20.2 Å². The number of benzene rings is 3. The normalized spacial score (nSPS) is 11.5. The first-order chi connectivity index (χ1) is 21.6. The third kappa shape index (κ3) is 13.6. The molecule has 0 unspecified atom stereocenters.